The number of H-pyrrole nitrogens is 1. The molecule has 1 amide bonds. The Balaban J connectivity index is 1.32. The number of aromatic amines is 1. The predicted octanol–water partition coefficient (Wildman–Crippen LogP) is 5.37. The molecule has 0 spiro atoms. The van der Waals surface area contributed by atoms with Crippen LogP contribution in [-0.2, 0) is 4.79 Å². The number of nitro benzene ring substituents is 1. The number of nitrogens with one attached hydrogen (secondary N) is 2. The van der Waals surface area contributed by atoms with Crippen molar-refractivity contribution in [2.24, 2.45) is 0 Å². The third kappa shape index (κ3) is 5.37. The Morgan fingerprint density at radius 1 is 1.03 bits per heavy atom. The number of carbonyl (C=O) groups excluding carboxylic acids is 1. The van der Waals surface area contributed by atoms with Gasteiger partial charge in [-0.2, -0.15) is 0 Å². The lowest BCUT2D eigenvalue weighted by Gasteiger charge is -2.04. The lowest BCUT2D eigenvalue weighted by molar-refractivity contribution is -0.384. The lowest BCUT2D eigenvalue weighted by Crippen LogP contribution is -2.14. The summed E-state index contributed by atoms with van der Waals surface area (Å²) in [6, 6.07) is 22.0. The number of nitrogens with zero attached hydrogens (tertiary/aromatic N) is 2. The van der Waals surface area contributed by atoms with Crippen LogP contribution in [0.25, 0.3) is 23.2 Å². The largest absolute Gasteiger partial charge is 0.333 e. The SMILES string of the molecule is O=C(CSc1nc2ccc([N+](=O)[O-])cc2[nH]1)Nc1ccc(C=Cc2ccccc2)cc1. The van der Waals surface area contributed by atoms with E-state index in [0.717, 1.165) is 11.1 Å². The van der Waals surface area contributed by atoms with Crippen molar-refractivity contribution < 1.29 is 9.72 Å². The first-order valence-electron chi connectivity index (χ1n) is 9.47. The van der Waals surface area contributed by atoms with Crippen molar-refractivity contribution in [3.8, 4) is 0 Å². The number of hydrogen-bond acceptors (Lipinski definition) is 5. The summed E-state index contributed by atoms with van der Waals surface area (Å²) < 4.78 is 0. The molecule has 3 aromatic carbocycles. The molecule has 1 heterocycles. The first-order valence-corrected chi connectivity index (χ1v) is 10.5. The van der Waals surface area contributed by atoms with Gasteiger partial charge in [-0.1, -0.05) is 66.4 Å². The van der Waals surface area contributed by atoms with Crippen molar-refractivity contribution in [3.63, 3.8) is 0 Å². The van der Waals surface area contributed by atoms with E-state index in [9.17, 15) is 14.9 Å². The number of fused-ring (bicyclic) bond motifs is 1. The molecule has 0 saturated carbocycles. The minimum Gasteiger partial charge on any atom is -0.333 e. The second kappa shape index (κ2) is 9.27. The van der Waals surface area contributed by atoms with Crippen LogP contribution in [0.2, 0.25) is 0 Å². The van der Waals surface area contributed by atoms with Crippen LogP contribution in [0.1, 0.15) is 11.1 Å². The van der Waals surface area contributed by atoms with E-state index in [2.05, 4.69) is 15.3 Å². The summed E-state index contributed by atoms with van der Waals surface area (Å²) in [4.78, 5) is 30.0. The van der Waals surface area contributed by atoms with Gasteiger partial charge in [0.2, 0.25) is 5.91 Å². The number of carbonyl (C=O) groups is 1. The van der Waals surface area contributed by atoms with Gasteiger partial charge in [0.25, 0.3) is 5.69 Å². The molecule has 1 aromatic heterocycles. The Morgan fingerprint density at radius 3 is 2.45 bits per heavy atom. The van der Waals surface area contributed by atoms with Crippen LogP contribution < -0.4 is 5.32 Å². The second-order valence-corrected chi connectivity index (χ2v) is 7.67. The number of aromatic nitrogens is 2. The van der Waals surface area contributed by atoms with E-state index in [-0.39, 0.29) is 17.3 Å². The maximum atomic E-state index is 12.3. The predicted molar refractivity (Wildman–Crippen MR) is 124 cm³/mol. The fourth-order valence-electron chi connectivity index (χ4n) is 2.92. The molecule has 154 valence electrons. The summed E-state index contributed by atoms with van der Waals surface area (Å²) in [6.45, 7) is 0. The molecule has 4 aromatic rings. The van der Waals surface area contributed by atoms with E-state index in [1.165, 1.54) is 23.9 Å². The molecule has 0 unspecified atom stereocenters. The summed E-state index contributed by atoms with van der Waals surface area (Å²) in [7, 11) is 0. The van der Waals surface area contributed by atoms with Gasteiger partial charge in [0.15, 0.2) is 5.16 Å². The van der Waals surface area contributed by atoms with Crippen LogP contribution >= 0.6 is 11.8 Å². The highest BCUT2D eigenvalue weighted by Gasteiger charge is 2.11. The van der Waals surface area contributed by atoms with Gasteiger partial charge < -0.3 is 10.3 Å². The zero-order chi connectivity index (χ0) is 21.6. The molecule has 7 nitrogen and oxygen atoms in total. The standard InChI is InChI=1S/C23H18N4O3S/c28-22(15-31-23-25-20-13-12-19(27(29)30)14-21(20)26-23)24-18-10-8-17(9-11-18)7-6-16-4-2-1-3-5-16/h1-14H,15H2,(H,24,28)(H,25,26). The number of nitro groups is 1. The van der Waals surface area contributed by atoms with Crippen LogP contribution in [-0.4, -0.2) is 26.6 Å². The minimum atomic E-state index is -0.455. The van der Waals surface area contributed by atoms with Crippen molar-refractivity contribution in [3.05, 3.63) is 94.0 Å². The highest BCUT2D eigenvalue weighted by molar-refractivity contribution is 7.99. The first-order chi connectivity index (χ1) is 15.1. The number of thioether (sulfide) groups is 1. The molecule has 4 rings (SSSR count). The van der Waals surface area contributed by atoms with Gasteiger partial charge in [0, 0.05) is 17.8 Å². The highest BCUT2D eigenvalue weighted by Crippen LogP contribution is 2.23. The molecule has 0 saturated heterocycles. The number of imidazole rings is 1. The van der Waals surface area contributed by atoms with Crippen LogP contribution in [0.3, 0.4) is 0 Å². The van der Waals surface area contributed by atoms with Gasteiger partial charge in [0.05, 0.1) is 21.7 Å². The van der Waals surface area contributed by atoms with E-state index in [0.29, 0.717) is 21.9 Å². The Morgan fingerprint density at radius 2 is 1.74 bits per heavy atom. The number of hydrogen-bond donors (Lipinski definition) is 2. The average molecular weight is 430 g/mol. The fraction of sp³-hybridized carbons (Fsp3) is 0.0435. The van der Waals surface area contributed by atoms with E-state index in [4.69, 9.17) is 0 Å². The minimum absolute atomic E-state index is 0.00694. The van der Waals surface area contributed by atoms with E-state index in [1.807, 2.05) is 66.7 Å². The molecule has 0 aliphatic rings. The monoisotopic (exact) mass is 430 g/mol. The van der Waals surface area contributed by atoms with Gasteiger partial charge in [-0.15, -0.1) is 0 Å². The van der Waals surface area contributed by atoms with Crippen molar-refractivity contribution in [1.29, 1.82) is 0 Å². The molecule has 2 N–H and O–H groups in total. The molecule has 0 radical (unpaired) electrons. The molecule has 31 heavy (non-hydrogen) atoms. The number of benzene rings is 3. The van der Waals surface area contributed by atoms with Crippen LogP contribution in [0.15, 0.2) is 78.0 Å². The zero-order valence-electron chi connectivity index (χ0n) is 16.3. The van der Waals surface area contributed by atoms with Gasteiger partial charge in [0.1, 0.15) is 0 Å². The maximum Gasteiger partial charge on any atom is 0.271 e. The molecular weight excluding hydrogens is 412 g/mol. The average Bonchev–Trinajstić information content (AvgIpc) is 3.20. The fourth-order valence-corrected chi connectivity index (χ4v) is 3.61. The normalized spacial score (nSPS) is 11.1. The Hall–Kier alpha value is -3.91. The van der Waals surface area contributed by atoms with Crippen molar-refractivity contribution >= 4 is 52.2 Å². The van der Waals surface area contributed by atoms with Crippen LogP contribution in [0, 0.1) is 10.1 Å². The molecule has 0 bridgehead atoms. The Labute approximate surface area is 182 Å². The summed E-state index contributed by atoms with van der Waals surface area (Å²) in [5.74, 6) is 0.00131. The van der Waals surface area contributed by atoms with Gasteiger partial charge in [-0.05, 0) is 29.3 Å². The number of rotatable bonds is 7. The maximum absolute atomic E-state index is 12.3. The molecule has 0 aliphatic carbocycles. The van der Waals surface area contributed by atoms with Crippen molar-refractivity contribution in [1.82, 2.24) is 9.97 Å². The van der Waals surface area contributed by atoms with E-state index in [1.54, 1.807) is 6.07 Å². The van der Waals surface area contributed by atoms with Crippen LogP contribution in [0.4, 0.5) is 11.4 Å². The smallest absolute Gasteiger partial charge is 0.271 e. The van der Waals surface area contributed by atoms with Crippen molar-refractivity contribution in [2.45, 2.75) is 5.16 Å². The molecule has 0 atom stereocenters. The lowest BCUT2D eigenvalue weighted by atomic mass is 10.1. The number of amides is 1. The molecule has 8 heteroatoms. The summed E-state index contributed by atoms with van der Waals surface area (Å²) in [6.07, 6.45) is 4.05. The quantitative estimate of drug-likeness (QED) is 0.178. The van der Waals surface area contributed by atoms with Crippen LogP contribution in [0.5, 0.6) is 0 Å². The zero-order valence-corrected chi connectivity index (χ0v) is 17.1. The number of anilines is 1. The van der Waals surface area contributed by atoms with E-state index < -0.39 is 4.92 Å². The summed E-state index contributed by atoms with van der Waals surface area (Å²) in [5.41, 5.74) is 4.05. The highest BCUT2D eigenvalue weighted by atomic mass is 32.2. The molecular formula is C23H18N4O3S. The van der Waals surface area contributed by atoms with Gasteiger partial charge in [-0.25, -0.2) is 4.98 Å². The van der Waals surface area contributed by atoms with Gasteiger partial charge in [-0.3, -0.25) is 14.9 Å². The number of non-ortho nitro benzene ring substituents is 1. The Bertz CT molecular complexity index is 1250. The third-order valence-electron chi connectivity index (χ3n) is 4.46. The first kappa shape index (κ1) is 20.4. The Kier molecular flexibility index (Phi) is 6.09. The molecule has 0 fully saturated rings. The summed E-state index contributed by atoms with van der Waals surface area (Å²) in [5, 5.41) is 14.3. The summed E-state index contributed by atoms with van der Waals surface area (Å²) >= 11 is 1.24. The van der Waals surface area contributed by atoms with Crippen molar-refractivity contribution in [2.75, 3.05) is 11.1 Å². The second-order valence-electron chi connectivity index (χ2n) is 6.70. The third-order valence-corrected chi connectivity index (χ3v) is 5.33. The topological polar surface area (TPSA) is 101 Å². The van der Waals surface area contributed by atoms with Gasteiger partial charge >= 0.3 is 0 Å². The van der Waals surface area contributed by atoms with E-state index >= 15 is 0 Å². The molecule has 0 aliphatic heterocycles.